The number of ether oxygens (including phenoxy) is 4. The van der Waals surface area contributed by atoms with Crippen LogP contribution in [0.25, 0.3) is 0 Å². The van der Waals surface area contributed by atoms with Crippen molar-refractivity contribution in [3.05, 3.63) is 52.5 Å². The van der Waals surface area contributed by atoms with Crippen LogP contribution in [-0.4, -0.2) is 37.8 Å². The average molecular weight is 418 g/mol. The molecule has 0 saturated heterocycles. The van der Waals surface area contributed by atoms with E-state index < -0.39 is 24.1 Å². The molecule has 0 aromatic heterocycles. The topological polar surface area (TPSA) is 83.1 Å². The smallest absolute Gasteiger partial charge is 0.308 e. The molecule has 0 spiro atoms. The third kappa shape index (κ3) is 4.02. The lowest BCUT2D eigenvalue weighted by Gasteiger charge is -2.26. The van der Waals surface area contributed by atoms with Gasteiger partial charge in [-0.1, -0.05) is 23.7 Å². The van der Waals surface area contributed by atoms with Gasteiger partial charge >= 0.3 is 5.97 Å². The average Bonchev–Trinajstić information content (AvgIpc) is 2.84. The molecule has 29 heavy (non-hydrogen) atoms. The molecule has 1 N–H and O–H groups in total. The van der Waals surface area contributed by atoms with Crippen molar-refractivity contribution in [2.75, 3.05) is 25.1 Å². The molecule has 2 aliphatic rings. The lowest BCUT2D eigenvalue weighted by atomic mass is 9.98. The van der Waals surface area contributed by atoms with Gasteiger partial charge in [0.25, 0.3) is 5.91 Å². The summed E-state index contributed by atoms with van der Waals surface area (Å²) in [4.78, 5) is 24.8. The molecule has 2 heterocycles. The highest BCUT2D eigenvalue weighted by Crippen LogP contribution is 2.44. The first kappa shape index (κ1) is 19.5. The fourth-order valence-corrected chi connectivity index (χ4v) is 3.61. The van der Waals surface area contributed by atoms with Crippen molar-refractivity contribution in [3.8, 4) is 11.5 Å². The van der Waals surface area contributed by atoms with Crippen LogP contribution in [0.3, 0.4) is 0 Å². The number of rotatable bonds is 4. The Kier molecular flexibility index (Phi) is 5.60. The van der Waals surface area contributed by atoms with Gasteiger partial charge in [0.05, 0.1) is 13.0 Å². The van der Waals surface area contributed by atoms with E-state index in [1.807, 2.05) is 18.2 Å². The van der Waals surface area contributed by atoms with Gasteiger partial charge in [0.15, 0.2) is 11.5 Å². The standard InChI is InChI=1S/C21H20ClNO6/c1-2-26-18(24)11-17-21(25)23-15-7-6-12(22)10-14(15)19(29-17)13-4-3-5-16-20(13)28-9-8-27-16/h3-7,10,17,19H,2,8-9,11H2,1H3,(H,23,25). The summed E-state index contributed by atoms with van der Waals surface area (Å²) in [5.74, 6) is 0.224. The Hall–Kier alpha value is -2.77. The summed E-state index contributed by atoms with van der Waals surface area (Å²) in [6.45, 7) is 2.79. The molecule has 0 fully saturated rings. The molecule has 2 aromatic carbocycles. The maximum Gasteiger partial charge on any atom is 0.308 e. The van der Waals surface area contributed by atoms with Gasteiger partial charge in [-0.05, 0) is 31.2 Å². The molecule has 1 amide bonds. The minimum Gasteiger partial charge on any atom is -0.486 e. The van der Waals surface area contributed by atoms with E-state index >= 15 is 0 Å². The first-order chi connectivity index (χ1) is 14.1. The van der Waals surface area contributed by atoms with Crippen molar-refractivity contribution in [3.63, 3.8) is 0 Å². The van der Waals surface area contributed by atoms with E-state index in [2.05, 4.69) is 5.32 Å². The van der Waals surface area contributed by atoms with Gasteiger partial charge in [-0.3, -0.25) is 9.59 Å². The van der Waals surface area contributed by atoms with Gasteiger partial charge in [0.1, 0.15) is 25.4 Å². The molecule has 2 atom stereocenters. The Morgan fingerprint density at radius 2 is 2.03 bits per heavy atom. The number of hydrogen-bond donors (Lipinski definition) is 1. The molecule has 152 valence electrons. The number of hydrogen-bond acceptors (Lipinski definition) is 6. The van der Waals surface area contributed by atoms with Crippen LogP contribution >= 0.6 is 11.6 Å². The van der Waals surface area contributed by atoms with Crippen LogP contribution in [0, 0.1) is 0 Å². The highest BCUT2D eigenvalue weighted by atomic mass is 35.5. The summed E-state index contributed by atoms with van der Waals surface area (Å²) in [6.07, 6.45) is -1.94. The lowest BCUT2D eigenvalue weighted by molar-refractivity contribution is -0.150. The molecule has 4 rings (SSSR count). The quantitative estimate of drug-likeness (QED) is 0.767. The number of halogens is 1. The summed E-state index contributed by atoms with van der Waals surface area (Å²) >= 11 is 6.23. The van der Waals surface area contributed by atoms with Crippen molar-refractivity contribution in [1.82, 2.24) is 0 Å². The first-order valence-corrected chi connectivity index (χ1v) is 9.74. The number of esters is 1. The lowest BCUT2D eigenvalue weighted by Crippen LogP contribution is -2.32. The zero-order chi connectivity index (χ0) is 20.4. The van der Waals surface area contributed by atoms with E-state index in [-0.39, 0.29) is 13.0 Å². The van der Waals surface area contributed by atoms with Gasteiger partial charge < -0.3 is 24.3 Å². The van der Waals surface area contributed by atoms with Crippen molar-refractivity contribution >= 4 is 29.2 Å². The molecular formula is C21H20ClNO6. The second-order valence-electron chi connectivity index (χ2n) is 6.61. The van der Waals surface area contributed by atoms with E-state index in [9.17, 15) is 9.59 Å². The zero-order valence-electron chi connectivity index (χ0n) is 15.8. The number of anilines is 1. The maximum atomic E-state index is 12.7. The van der Waals surface area contributed by atoms with Crippen LogP contribution in [0.4, 0.5) is 5.69 Å². The largest absolute Gasteiger partial charge is 0.486 e. The fourth-order valence-electron chi connectivity index (χ4n) is 3.43. The number of fused-ring (bicyclic) bond motifs is 2. The van der Waals surface area contributed by atoms with Crippen LogP contribution < -0.4 is 14.8 Å². The molecule has 2 aliphatic heterocycles. The number of carbonyl (C=O) groups excluding carboxylic acids is 2. The molecule has 0 radical (unpaired) electrons. The van der Waals surface area contributed by atoms with Crippen LogP contribution in [0.2, 0.25) is 5.02 Å². The molecule has 0 saturated carbocycles. The van der Waals surface area contributed by atoms with Gasteiger partial charge in [0.2, 0.25) is 0 Å². The summed E-state index contributed by atoms with van der Waals surface area (Å²) in [5, 5.41) is 3.32. The van der Waals surface area contributed by atoms with Crippen molar-refractivity contribution < 1.29 is 28.5 Å². The number of amides is 1. The minimum atomic E-state index is -1.04. The van der Waals surface area contributed by atoms with Gasteiger partial charge in [-0.15, -0.1) is 0 Å². The molecule has 2 aromatic rings. The van der Waals surface area contributed by atoms with E-state index in [1.54, 1.807) is 25.1 Å². The highest BCUT2D eigenvalue weighted by molar-refractivity contribution is 6.30. The van der Waals surface area contributed by atoms with E-state index in [0.29, 0.717) is 46.5 Å². The van der Waals surface area contributed by atoms with E-state index in [0.717, 1.165) is 0 Å². The van der Waals surface area contributed by atoms with Gasteiger partial charge in [-0.2, -0.15) is 0 Å². The summed E-state index contributed by atoms with van der Waals surface area (Å²) in [5.41, 5.74) is 1.92. The predicted molar refractivity (Wildman–Crippen MR) is 105 cm³/mol. The van der Waals surface area contributed by atoms with Crippen LogP contribution in [0.1, 0.15) is 30.6 Å². The number of benzene rings is 2. The Morgan fingerprint density at radius 3 is 2.86 bits per heavy atom. The predicted octanol–water partition coefficient (Wildman–Crippen LogP) is 3.49. The second kappa shape index (κ2) is 8.31. The highest BCUT2D eigenvalue weighted by Gasteiger charge is 2.35. The van der Waals surface area contributed by atoms with Crippen LogP contribution in [-0.2, 0) is 19.1 Å². The zero-order valence-corrected chi connectivity index (χ0v) is 16.5. The fraction of sp³-hybridized carbons (Fsp3) is 0.333. The second-order valence-corrected chi connectivity index (χ2v) is 7.04. The van der Waals surface area contributed by atoms with E-state index in [4.69, 9.17) is 30.5 Å². The first-order valence-electron chi connectivity index (χ1n) is 9.36. The van der Waals surface area contributed by atoms with Gasteiger partial charge in [0, 0.05) is 21.8 Å². The molecular weight excluding hydrogens is 398 g/mol. The Labute approximate surface area is 172 Å². The third-order valence-corrected chi connectivity index (χ3v) is 4.92. The SMILES string of the molecule is CCOC(=O)CC1OC(c2cccc3c2OCCO3)c2cc(Cl)ccc2NC1=O. The van der Waals surface area contributed by atoms with Crippen LogP contribution in [0.5, 0.6) is 11.5 Å². The van der Waals surface area contributed by atoms with Crippen molar-refractivity contribution in [2.45, 2.75) is 25.6 Å². The van der Waals surface area contributed by atoms with Crippen molar-refractivity contribution in [2.24, 2.45) is 0 Å². The molecule has 0 bridgehead atoms. The minimum absolute atomic E-state index is 0.204. The number of carbonyl (C=O) groups is 2. The maximum absolute atomic E-state index is 12.7. The molecule has 0 aliphatic carbocycles. The molecule has 2 unspecified atom stereocenters. The molecule has 7 nitrogen and oxygen atoms in total. The van der Waals surface area contributed by atoms with Gasteiger partial charge in [-0.25, -0.2) is 0 Å². The normalized spacial score (nSPS) is 20.3. The number of nitrogens with one attached hydrogen (secondary N) is 1. The summed E-state index contributed by atoms with van der Waals surface area (Å²) in [6, 6.07) is 10.6. The van der Waals surface area contributed by atoms with Crippen LogP contribution in [0.15, 0.2) is 36.4 Å². The monoisotopic (exact) mass is 417 g/mol. The van der Waals surface area contributed by atoms with E-state index in [1.165, 1.54) is 0 Å². The summed E-state index contributed by atoms with van der Waals surface area (Å²) < 4.78 is 22.7. The third-order valence-electron chi connectivity index (χ3n) is 4.68. The summed E-state index contributed by atoms with van der Waals surface area (Å²) in [7, 11) is 0. The Morgan fingerprint density at radius 1 is 1.21 bits per heavy atom. The Bertz CT molecular complexity index is 947. The molecule has 8 heteroatoms. The number of para-hydroxylation sites is 1. The Balaban J connectivity index is 1.78. The van der Waals surface area contributed by atoms with Crippen molar-refractivity contribution in [1.29, 1.82) is 0 Å².